The number of hydrogen-bond acceptors (Lipinski definition) is 6. The summed E-state index contributed by atoms with van der Waals surface area (Å²) in [5, 5.41) is 2.96. The summed E-state index contributed by atoms with van der Waals surface area (Å²) in [5.41, 5.74) is 2.47. The van der Waals surface area contributed by atoms with Gasteiger partial charge in [0, 0.05) is 28.0 Å². The van der Waals surface area contributed by atoms with Crippen molar-refractivity contribution in [2.24, 2.45) is 0 Å². The summed E-state index contributed by atoms with van der Waals surface area (Å²) in [4.78, 5) is 20.7. The molecule has 0 aliphatic rings. The van der Waals surface area contributed by atoms with E-state index in [1.54, 1.807) is 48.5 Å². The average Bonchev–Trinajstić information content (AvgIpc) is 2.79. The molecule has 3 aromatic carbocycles. The van der Waals surface area contributed by atoms with Crippen LogP contribution in [0.15, 0.2) is 101 Å². The standard InChI is InChI=1S/C23H17BrN4O3S/c24-17-7-5-16(6-8-17)22(29)13-14-25-18-9-11-19(12-10-18)32(30,31)28-23-15-26-20-3-1-2-4-21(20)27-23/h1-15,25H,(H,27,28)/b14-13+. The fraction of sp³-hybridized carbons (Fsp3) is 0. The van der Waals surface area contributed by atoms with Crippen LogP contribution in [-0.4, -0.2) is 24.2 Å². The van der Waals surface area contributed by atoms with E-state index in [2.05, 4.69) is 35.9 Å². The van der Waals surface area contributed by atoms with Crippen molar-refractivity contribution < 1.29 is 13.2 Å². The molecule has 0 saturated heterocycles. The molecular weight excluding hydrogens is 492 g/mol. The number of ketones is 1. The summed E-state index contributed by atoms with van der Waals surface area (Å²) in [6.07, 6.45) is 4.30. The molecular formula is C23H17BrN4O3S. The number of aromatic nitrogens is 2. The molecule has 4 rings (SSSR count). The minimum atomic E-state index is -3.83. The largest absolute Gasteiger partial charge is 0.362 e. The molecule has 1 heterocycles. The lowest BCUT2D eigenvalue weighted by molar-refractivity contribution is 0.104. The highest BCUT2D eigenvalue weighted by molar-refractivity contribution is 9.10. The second kappa shape index (κ2) is 9.29. The third kappa shape index (κ3) is 5.19. The van der Waals surface area contributed by atoms with Crippen molar-refractivity contribution in [3.63, 3.8) is 0 Å². The van der Waals surface area contributed by atoms with Gasteiger partial charge in [0.05, 0.1) is 22.1 Å². The van der Waals surface area contributed by atoms with Crippen molar-refractivity contribution in [1.82, 2.24) is 9.97 Å². The molecule has 0 aliphatic carbocycles. The zero-order valence-corrected chi connectivity index (χ0v) is 19.0. The van der Waals surface area contributed by atoms with Crippen LogP contribution in [-0.2, 0) is 10.0 Å². The maximum atomic E-state index is 12.7. The lowest BCUT2D eigenvalue weighted by atomic mass is 10.1. The van der Waals surface area contributed by atoms with Crippen LogP contribution in [0.4, 0.5) is 11.5 Å². The maximum absolute atomic E-state index is 12.7. The van der Waals surface area contributed by atoms with Crippen molar-refractivity contribution >= 4 is 54.3 Å². The van der Waals surface area contributed by atoms with Crippen molar-refractivity contribution in [2.45, 2.75) is 4.90 Å². The van der Waals surface area contributed by atoms with E-state index in [0.29, 0.717) is 22.3 Å². The number of hydrogen-bond donors (Lipinski definition) is 2. The van der Waals surface area contributed by atoms with E-state index in [1.807, 2.05) is 12.1 Å². The molecule has 9 heteroatoms. The third-order valence-electron chi connectivity index (χ3n) is 4.47. The summed E-state index contributed by atoms with van der Waals surface area (Å²) in [5.74, 6) is -0.00909. The Morgan fingerprint density at radius 2 is 1.59 bits per heavy atom. The van der Waals surface area contributed by atoms with E-state index in [9.17, 15) is 13.2 Å². The molecule has 0 amide bonds. The van der Waals surface area contributed by atoms with Gasteiger partial charge in [-0.3, -0.25) is 14.5 Å². The van der Waals surface area contributed by atoms with Crippen molar-refractivity contribution in [2.75, 3.05) is 10.0 Å². The van der Waals surface area contributed by atoms with Gasteiger partial charge in [-0.25, -0.2) is 13.4 Å². The van der Waals surface area contributed by atoms with Crippen LogP contribution in [0.3, 0.4) is 0 Å². The zero-order chi connectivity index (χ0) is 22.6. The number of benzene rings is 3. The van der Waals surface area contributed by atoms with Crippen LogP contribution in [0, 0.1) is 0 Å². The van der Waals surface area contributed by atoms with Crippen LogP contribution < -0.4 is 10.0 Å². The smallest absolute Gasteiger partial charge is 0.263 e. The number of nitrogens with zero attached hydrogens (tertiary/aromatic N) is 2. The van der Waals surface area contributed by atoms with Crippen LogP contribution in [0.2, 0.25) is 0 Å². The number of carbonyl (C=O) groups is 1. The molecule has 7 nitrogen and oxygen atoms in total. The predicted molar refractivity (Wildman–Crippen MR) is 128 cm³/mol. The second-order valence-electron chi connectivity index (χ2n) is 6.72. The quantitative estimate of drug-likeness (QED) is 0.269. The van der Waals surface area contributed by atoms with E-state index in [1.165, 1.54) is 30.6 Å². The summed E-state index contributed by atoms with van der Waals surface area (Å²) in [7, 11) is -3.83. The minimum Gasteiger partial charge on any atom is -0.362 e. The van der Waals surface area contributed by atoms with Crippen LogP contribution in [0.25, 0.3) is 11.0 Å². The Balaban J connectivity index is 1.41. The fourth-order valence-corrected chi connectivity index (χ4v) is 4.11. The molecule has 0 spiro atoms. The number of halogens is 1. The average molecular weight is 509 g/mol. The van der Waals surface area contributed by atoms with Crippen LogP contribution >= 0.6 is 15.9 Å². The number of carbonyl (C=O) groups excluding carboxylic acids is 1. The van der Waals surface area contributed by atoms with E-state index < -0.39 is 10.0 Å². The van der Waals surface area contributed by atoms with E-state index in [4.69, 9.17) is 0 Å². The lowest BCUT2D eigenvalue weighted by Crippen LogP contribution is -2.14. The molecule has 0 radical (unpaired) electrons. The number of rotatable bonds is 7. The van der Waals surface area contributed by atoms with Gasteiger partial charge in [0.1, 0.15) is 0 Å². The zero-order valence-electron chi connectivity index (χ0n) is 16.6. The van der Waals surface area contributed by atoms with E-state index >= 15 is 0 Å². The molecule has 0 fully saturated rings. The number of nitrogens with one attached hydrogen (secondary N) is 2. The number of sulfonamides is 1. The Morgan fingerprint density at radius 1 is 0.906 bits per heavy atom. The maximum Gasteiger partial charge on any atom is 0.263 e. The van der Waals surface area contributed by atoms with E-state index in [0.717, 1.165) is 4.47 Å². The summed E-state index contributed by atoms with van der Waals surface area (Å²) < 4.78 is 28.7. The Bertz CT molecular complexity index is 1400. The Hall–Kier alpha value is -3.56. The molecule has 1 aromatic heterocycles. The van der Waals surface area contributed by atoms with Crippen molar-refractivity contribution in [3.05, 3.63) is 101 Å². The number of para-hydroxylation sites is 2. The lowest BCUT2D eigenvalue weighted by Gasteiger charge is -2.08. The number of allylic oxidation sites excluding steroid dienone is 1. The monoisotopic (exact) mass is 508 g/mol. The fourth-order valence-electron chi connectivity index (χ4n) is 2.86. The van der Waals surface area contributed by atoms with Gasteiger partial charge < -0.3 is 5.32 Å². The van der Waals surface area contributed by atoms with Gasteiger partial charge in [0.25, 0.3) is 10.0 Å². The molecule has 0 saturated carbocycles. The predicted octanol–water partition coefficient (Wildman–Crippen LogP) is 5.00. The Kier molecular flexibility index (Phi) is 6.29. The summed E-state index contributed by atoms with van der Waals surface area (Å²) in [6, 6.07) is 20.4. The van der Waals surface area contributed by atoms with Crippen LogP contribution in [0.1, 0.15) is 10.4 Å². The van der Waals surface area contributed by atoms with Gasteiger partial charge in [-0.1, -0.05) is 28.1 Å². The van der Waals surface area contributed by atoms with Gasteiger partial charge in [0.15, 0.2) is 11.6 Å². The topological polar surface area (TPSA) is 101 Å². The molecule has 32 heavy (non-hydrogen) atoms. The molecule has 2 N–H and O–H groups in total. The molecule has 160 valence electrons. The van der Waals surface area contributed by atoms with Crippen LogP contribution in [0.5, 0.6) is 0 Å². The normalized spacial score (nSPS) is 11.5. The minimum absolute atomic E-state index is 0.0768. The van der Waals surface area contributed by atoms with E-state index in [-0.39, 0.29) is 16.5 Å². The second-order valence-corrected chi connectivity index (χ2v) is 9.32. The molecule has 4 aromatic rings. The van der Waals surface area contributed by atoms with Crippen molar-refractivity contribution in [3.8, 4) is 0 Å². The van der Waals surface area contributed by atoms with Crippen molar-refractivity contribution in [1.29, 1.82) is 0 Å². The van der Waals surface area contributed by atoms with Gasteiger partial charge in [-0.05, 0) is 60.7 Å². The molecule has 0 aliphatic heterocycles. The summed E-state index contributed by atoms with van der Waals surface area (Å²) >= 11 is 3.33. The van der Waals surface area contributed by atoms with Gasteiger partial charge >= 0.3 is 0 Å². The number of fused-ring (bicyclic) bond motifs is 1. The van der Waals surface area contributed by atoms with Gasteiger partial charge in [-0.2, -0.15) is 0 Å². The number of anilines is 2. The SMILES string of the molecule is O=C(/C=C/Nc1ccc(S(=O)(=O)Nc2cnc3ccccc3n2)cc1)c1ccc(Br)cc1. The summed E-state index contributed by atoms with van der Waals surface area (Å²) in [6.45, 7) is 0. The molecule has 0 bridgehead atoms. The first kappa shape index (κ1) is 21.7. The first-order valence-electron chi connectivity index (χ1n) is 9.48. The first-order valence-corrected chi connectivity index (χ1v) is 11.8. The third-order valence-corrected chi connectivity index (χ3v) is 6.36. The molecule has 0 atom stereocenters. The van der Waals surface area contributed by atoms with Gasteiger partial charge in [-0.15, -0.1) is 0 Å². The molecule has 0 unspecified atom stereocenters. The highest BCUT2D eigenvalue weighted by atomic mass is 79.9. The van der Waals surface area contributed by atoms with Gasteiger partial charge in [0.2, 0.25) is 0 Å². The first-order chi connectivity index (χ1) is 15.4. The highest BCUT2D eigenvalue weighted by Gasteiger charge is 2.15. The Morgan fingerprint density at radius 3 is 2.31 bits per heavy atom. The Labute approximate surface area is 193 Å². The highest BCUT2D eigenvalue weighted by Crippen LogP contribution is 2.19.